The van der Waals surface area contributed by atoms with Gasteiger partial charge < -0.3 is 10.2 Å². The number of halogens is 1. The van der Waals surface area contributed by atoms with Gasteiger partial charge in [0.2, 0.25) is 5.91 Å². The summed E-state index contributed by atoms with van der Waals surface area (Å²) in [6.45, 7) is 5.81. The lowest BCUT2D eigenvalue weighted by Crippen LogP contribution is -2.42. The van der Waals surface area contributed by atoms with Gasteiger partial charge in [-0.05, 0) is 54.7 Å². The summed E-state index contributed by atoms with van der Waals surface area (Å²) in [6.07, 6.45) is 1.13. The number of amides is 2. The van der Waals surface area contributed by atoms with Crippen molar-refractivity contribution >= 4 is 29.3 Å². The van der Waals surface area contributed by atoms with Crippen LogP contribution in [-0.2, 0) is 4.79 Å². The minimum absolute atomic E-state index is 0.0412. The number of nitrogens with zero attached hydrogens (tertiary/aromatic N) is 1. The number of hydrogen-bond donors (Lipinski definition) is 1. The molecule has 1 N–H and O–H groups in total. The normalized spacial score (nSPS) is 19.3. The Morgan fingerprint density at radius 2 is 1.71 bits per heavy atom. The molecule has 2 unspecified atom stereocenters. The Hall–Kier alpha value is -2.34. The lowest BCUT2D eigenvalue weighted by Gasteiger charge is -2.35. The van der Waals surface area contributed by atoms with Crippen molar-refractivity contribution in [2.24, 2.45) is 11.8 Å². The second-order valence-corrected chi connectivity index (χ2v) is 8.54. The molecule has 1 heterocycles. The fourth-order valence-electron chi connectivity index (χ4n) is 3.64. The molecule has 1 saturated heterocycles. The molecule has 1 aliphatic rings. The molecule has 2 aromatic rings. The number of para-hydroxylation sites is 1. The first-order valence-corrected chi connectivity index (χ1v) is 10.5. The average molecular weight is 401 g/mol. The molecular formula is C22H25FN2O2S. The maximum Gasteiger partial charge on any atom is 0.255 e. The molecule has 1 fully saturated rings. The number of benzene rings is 2. The van der Waals surface area contributed by atoms with Gasteiger partial charge >= 0.3 is 0 Å². The Kier molecular flexibility index (Phi) is 6.73. The molecule has 6 heteroatoms. The summed E-state index contributed by atoms with van der Waals surface area (Å²) in [7, 11) is 0. The van der Waals surface area contributed by atoms with E-state index in [9.17, 15) is 14.0 Å². The molecule has 0 aromatic heterocycles. The largest absolute Gasteiger partial charge is 0.338 e. The first-order chi connectivity index (χ1) is 13.4. The second kappa shape index (κ2) is 9.24. The van der Waals surface area contributed by atoms with Crippen LogP contribution in [0.2, 0.25) is 0 Å². The number of hydrogen-bond acceptors (Lipinski definition) is 3. The maximum absolute atomic E-state index is 13.0. The topological polar surface area (TPSA) is 49.4 Å². The molecule has 4 nitrogen and oxygen atoms in total. The molecule has 0 saturated carbocycles. The average Bonchev–Trinajstić information content (AvgIpc) is 2.67. The minimum atomic E-state index is -0.303. The molecule has 0 aliphatic carbocycles. The molecule has 148 valence electrons. The lowest BCUT2D eigenvalue weighted by molar-refractivity contribution is -0.113. The Bertz CT molecular complexity index is 831. The van der Waals surface area contributed by atoms with Gasteiger partial charge in [0.25, 0.3) is 5.91 Å². The van der Waals surface area contributed by atoms with Crippen molar-refractivity contribution in [3.63, 3.8) is 0 Å². The molecule has 0 radical (unpaired) electrons. The van der Waals surface area contributed by atoms with Crippen LogP contribution in [0.5, 0.6) is 0 Å². The van der Waals surface area contributed by atoms with E-state index in [1.807, 2.05) is 11.0 Å². The lowest BCUT2D eigenvalue weighted by atomic mass is 9.91. The highest BCUT2D eigenvalue weighted by atomic mass is 32.2. The van der Waals surface area contributed by atoms with Crippen LogP contribution in [0.1, 0.15) is 30.6 Å². The Labute approximate surface area is 169 Å². The van der Waals surface area contributed by atoms with E-state index in [-0.39, 0.29) is 23.4 Å². The highest BCUT2D eigenvalue weighted by molar-refractivity contribution is 8.00. The molecule has 1 aliphatic heterocycles. The van der Waals surface area contributed by atoms with Crippen LogP contribution in [0, 0.1) is 17.7 Å². The van der Waals surface area contributed by atoms with E-state index in [0.717, 1.165) is 24.4 Å². The summed E-state index contributed by atoms with van der Waals surface area (Å²) >= 11 is 1.33. The quantitative estimate of drug-likeness (QED) is 0.742. The van der Waals surface area contributed by atoms with Crippen LogP contribution in [0.4, 0.5) is 10.1 Å². The maximum atomic E-state index is 13.0. The zero-order valence-corrected chi connectivity index (χ0v) is 17.0. The number of piperidine rings is 1. The summed E-state index contributed by atoms with van der Waals surface area (Å²) in [5, 5.41) is 2.85. The number of anilines is 1. The van der Waals surface area contributed by atoms with Gasteiger partial charge in [0.05, 0.1) is 17.0 Å². The van der Waals surface area contributed by atoms with Crippen LogP contribution < -0.4 is 5.32 Å². The third-order valence-electron chi connectivity index (χ3n) is 4.77. The summed E-state index contributed by atoms with van der Waals surface area (Å²) in [6, 6.07) is 13.2. The van der Waals surface area contributed by atoms with Crippen molar-refractivity contribution in [1.82, 2.24) is 4.90 Å². The minimum Gasteiger partial charge on any atom is -0.338 e. The number of carbonyl (C=O) groups is 2. The summed E-state index contributed by atoms with van der Waals surface area (Å²) in [5.41, 5.74) is 1.05. The van der Waals surface area contributed by atoms with E-state index in [2.05, 4.69) is 19.2 Å². The van der Waals surface area contributed by atoms with Crippen LogP contribution in [0.3, 0.4) is 0 Å². The van der Waals surface area contributed by atoms with Gasteiger partial charge in [-0.15, -0.1) is 11.8 Å². The van der Waals surface area contributed by atoms with Gasteiger partial charge in [-0.25, -0.2) is 4.39 Å². The van der Waals surface area contributed by atoms with Crippen molar-refractivity contribution < 1.29 is 14.0 Å². The van der Waals surface area contributed by atoms with Gasteiger partial charge in [0.1, 0.15) is 5.82 Å². The number of nitrogens with one attached hydrogen (secondary N) is 1. The molecule has 2 aromatic carbocycles. The van der Waals surface area contributed by atoms with E-state index in [1.54, 1.807) is 30.3 Å². The van der Waals surface area contributed by atoms with Crippen molar-refractivity contribution in [3.8, 4) is 0 Å². The fourth-order valence-corrected chi connectivity index (χ4v) is 4.34. The zero-order chi connectivity index (χ0) is 20.1. The Balaban J connectivity index is 1.65. The number of rotatable bonds is 5. The highest BCUT2D eigenvalue weighted by Crippen LogP contribution is 2.25. The van der Waals surface area contributed by atoms with Gasteiger partial charge in [-0.1, -0.05) is 26.0 Å². The van der Waals surface area contributed by atoms with E-state index < -0.39 is 0 Å². The Morgan fingerprint density at radius 1 is 1.07 bits per heavy atom. The van der Waals surface area contributed by atoms with Crippen molar-refractivity contribution in [1.29, 1.82) is 0 Å². The molecule has 0 bridgehead atoms. The smallest absolute Gasteiger partial charge is 0.255 e. The molecule has 2 amide bonds. The molecule has 2 atom stereocenters. The first-order valence-electron chi connectivity index (χ1n) is 9.49. The van der Waals surface area contributed by atoms with E-state index in [1.165, 1.54) is 23.9 Å². The number of thioether (sulfide) groups is 1. The SMILES string of the molecule is CC1CC(C)CN(C(=O)c2ccccc2NC(=O)CSc2ccc(F)cc2)C1. The number of carbonyl (C=O) groups excluding carboxylic acids is 2. The fraction of sp³-hybridized carbons (Fsp3) is 0.364. The third-order valence-corrected chi connectivity index (χ3v) is 5.78. The second-order valence-electron chi connectivity index (χ2n) is 7.49. The standard InChI is InChI=1S/C22H25FN2O2S/c1-15-11-16(2)13-25(12-15)22(27)19-5-3-4-6-20(19)24-21(26)14-28-18-9-7-17(23)8-10-18/h3-10,15-16H,11-14H2,1-2H3,(H,24,26). The van der Waals surface area contributed by atoms with Crippen molar-refractivity contribution in [2.45, 2.75) is 25.2 Å². The highest BCUT2D eigenvalue weighted by Gasteiger charge is 2.27. The zero-order valence-electron chi connectivity index (χ0n) is 16.2. The van der Waals surface area contributed by atoms with E-state index in [4.69, 9.17) is 0 Å². The summed E-state index contributed by atoms with van der Waals surface area (Å²) < 4.78 is 13.0. The summed E-state index contributed by atoms with van der Waals surface area (Å²) in [4.78, 5) is 28.1. The van der Waals surface area contributed by atoms with Gasteiger partial charge in [-0.2, -0.15) is 0 Å². The molecule has 3 rings (SSSR count). The summed E-state index contributed by atoms with van der Waals surface area (Å²) in [5.74, 6) is 0.590. The van der Waals surface area contributed by atoms with Crippen LogP contribution in [-0.4, -0.2) is 35.6 Å². The van der Waals surface area contributed by atoms with Crippen molar-refractivity contribution in [3.05, 3.63) is 59.9 Å². The Morgan fingerprint density at radius 3 is 2.39 bits per heavy atom. The van der Waals surface area contributed by atoms with Gasteiger partial charge in [0, 0.05) is 18.0 Å². The molecule has 28 heavy (non-hydrogen) atoms. The molecule has 0 spiro atoms. The van der Waals surface area contributed by atoms with E-state index in [0.29, 0.717) is 23.1 Å². The monoisotopic (exact) mass is 400 g/mol. The third kappa shape index (κ3) is 5.35. The van der Waals surface area contributed by atoms with E-state index >= 15 is 0 Å². The molecular weight excluding hydrogens is 375 g/mol. The van der Waals surface area contributed by atoms with Crippen LogP contribution in [0.15, 0.2) is 53.4 Å². The van der Waals surface area contributed by atoms with Crippen LogP contribution in [0.25, 0.3) is 0 Å². The van der Waals surface area contributed by atoms with Crippen molar-refractivity contribution in [2.75, 3.05) is 24.2 Å². The van der Waals surface area contributed by atoms with Crippen LogP contribution >= 0.6 is 11.8 Å². The number of likely N-dealkylation sites (tertiary alicyclic amines) is 1. The van der Waals surface area contributed by atoms with Gasteiger partial charge in [-0.3, -0.25) is 9.59 Å². The first kappa shape index (κ1) is 20.4. The van der Waals surface area contributed by atoms with Gasteiger partial charge in [0.15, 0.2) is 0 Å². The predicted octanol–water partition coefficient (Wildman–Crippen LogP) is 4.67. The predicted molar refractivity (Wildman–Crippen MR) is 111 cm³/mol.